The molecule has 2 aromatic heterocycles. The summed E-state index contributed by atoms with van der Waals surface area (Å²) in [5, 5.41) is 9.92. The Morgan fingerprint density at radius 1 is 1.25 bits per heavy atom. The number of aromatic nitrogens is 5. The summed E-state index contributed by atoms with van der Waals surface area (Å²) in [4.78, 5) is 16.9. The van der Waals surface area contributed by atoms with Gasteiger partial charge in [0.25, 0.3) is 5.95 Å². The van der Waals surface area contributed by atoms with E-state index >= 15 is 0 Å². The third-order valence-corrected chi connectivity index (χ3v) is 5.96. The minimum atomic E-state index is -0.499. The average Bonchev–Trinajstić information content (AvgIpc) is 3.18. The van der Waals surface area contributed by atoms with Crippen molar-refractivity contribution in [3.63, 3.8) is 0 Å². The largest absolute Gasteiger partial charge is 0.464 e. The maximum Gasteiger partial charge on any atom is 0.358 e. The molecule has 148 valence electrons. The van der Waals surface area contributed by atoms with Crippen LogP contribution in [0.5, 0.6) is 0 Å². The van der Waals surface area contributed by atoms with Gasteiger partial charge in [-0.2, -0.15) is 14.8 Å². The minimum absolute atomic E-state index is 0.285. The first-order valence-corrected chi connectivity index (χ1v) is 10.3. The van der Waals surface area contributed by atoms with Crippen molar-refractivity contribution >= 4 is 51.8 Å². The second kappa shape index (κ2) is 8.38. The number of nitrogens with zero attached hydrogens (tertiary/aromatic N) is 5. The van der Waals surface area contributed by atoms with Gasteiger partial charge in [0.2, 0.25) is 0 Å². The standard InChI is InChI=1S/C18H18Cl2IN5O2/c1-9(2)8-25-16(11-5-6-12(19)13(20)7-11)22-18(24-25)26-15(17(27)28-4)14(21)10(3)23-26/h5-7,9H,8H2,1-4H3. The van der Waals surface area contributed by atoms with Gasteiger partial charge in [0.15, 0.2) is 11.5 Å². The van der Waals surface area contributed by atoms with E-state index in [1.807, 2.05) is 13.0 Å². The molecule has 0 saturated carbocycles. The number of rotatable bonds is 5. The lowest BCUT2D eigenvalue weighted by molar-refractivity contribution is 0.0588. The van der Waals surface area contributed by atoms with Crippen LogP contribution in [0, 0.1) is 16.4 Å². The van der Waals surface area contributed by atoms with Crippen LogP contribution in [-0.2, 0) is 11.3 Å². The fraction of sp³-hybridized carbons (Fsp3) is 0.333. The van der Waals surface area contributed by atoms with E-state index in [1.165, 1.54) is 11.8 Å². The van der Waals surface area contributed by atoms with E-state index in [-0.39, 0.29) is 5.95 Å². The van der Waals surface area contributed by atoms with Gasteiger partial charge >= 0.3 is 5.97 Å². The van der Waals surface area contributed by atoms with Gasteiger partial charge in [-0.15, -0.1) is 5.10 Å². The molecule has 0 atom stereocenters. The van der Waals surface area contributed by atoms with E-state index in [1.54, 1.807) is 16.8 Å². The number of hydrogen-bond acceptors (Lipinski definition) is 5. The molecular formula is C18H18Cl2IN5O2. The highest BCUT2D eigenvalue weighted by atomic mass is 127. The monoisotopic (exact) mass is 533 g/mol. The molecule has 3 aromatic rings. The van der Waals surface area contributed by atoms with Crippen molar-refractivity contribution < 1.29 is 9.53 Å². The smallest absolute Gasteiger partial charge is 0.358 e. The van der Waals surface area contributed by atoms with Crippen LogP contribution in [0.25, 0.3) is 17.3 Å². The summed E-state index contributed by atoms with van der Waals surface area (Å²) in [6.07, 6.45) is 0. The average molecular weight is 534 g/mol. The molecule has 7 nitrogen and oxygen atoms in total. The zero-order valence-electron chi connectivity index (χ0n) is 15.7. The van der Waals surface area contributed by atoms with Crippen LogP contribution >= 0.6 is 45.8 Å². The van der Waals surface area contributed by atoms with Crippen molar-refractivity contribution in [1.82, 2.24) is 24.5 Å². The lowest BCUT2D eigenvalue weighted by Crippen LogP contribution is -2.13. The first-order chi connectivity index (χ1) is 13.2. The molecular weight excluding hydrogens is 516 g/mol. The van der Waals surface area contributed by atoms with E-state index in [0.717, 1.165) is 5.56 Å². The third-order valence-electron chi connectivity index (χ3n) is 3.93. The molecule has 0 aliphatic heterocycles. The molecule has 0 fully saturated rings. The van der Waals surface area contributed by atoms with Crippen molar-refractivity contribution in [2.24, 2.45) is 5.92 Å². The van der Waals surface area contributed by atoms with Crippen molar-refractivity contribution in [2.75, 3.05) is 7.11 Å². The number of halogens is 3. The molecule has 1 aromatic carbocycles. The number of hydrogen-bond donors (Lipinski definition) is 0. The van der Waals surface area contributed by atoms with Crippen molar-refractivity contribution in [3.8, 4) is 17.3 Å². The zero-order chi connectivity index (χ0) is 20.6. The molecule has 28 heavy (non-hydrogen) atoms. The van der Waals surface area contributed by atoms with Crippen molar-refractivity contribution in [2.45, 2.75) is 27.3 Å². The Balaban J connectivity index is 2.19. The van der Waals surface area contributed by atoms with Gasteiger partial charge in [0.05, 0.1) is 26.4 Å². The van der Waals surface area contributed by atoms with E-state index < -0.39 is 5.97 Å². The Morgan fingerprint density at radius 3 is 2.57 bits per heavy atom. The lowest BCUT2D eigenvalue weighted by atomic mass is 10.2. The Labute approximate surface area is 186 Å². The summed E-state index contributed by atoms with van der Waals surface area (Å²) in [7, 11) is 1.33. The van der Waals surface area contributed by atoms with Crippen LogP contribution in [0.1, 0.15) is 30.0 Å². The second-order valence-electron chi connectivity index (χ2n) is 6.59. The van der Waals surface area contributed by atoms with E-state index in [0.29, 0.717) is 43.3 Å². The molecule has 0 unspecified atom stereocenters. The highest BCUT2D eigenvalue weighted by Crippen LogP contribution is 2.29. The number of carbonyl (C=O) groups is 1. The first kappa shape index (κ1) is 21.1. The molecule has 0 bridgehead atoms. The highest BCUT2D eigenvalue weighted by molar-refractivity contribution is 14.1. The van der Waals surface area contributed by atoms with Gasteiger partial charge in [-0.25, -0.2) is 9.48 Å². The van der Waals surface area contributed by atoms with Crippen LogP contribution in [-0.4, -0.2) is 37.6 Å². The molecule has 0 N–H and O–H groups in total. The van der Waals surface area contributed by atoms with E-state index in [2.05, 4.69) is 51.6 Å². The van der Waals surface area contributed by atoms with Gasteiger partial charge < -0.3 is 4.74 Å². The molecule has 0 saturated heterocycles. The van der Waals surface area contributed by atoms with Gasteiger partial charge in [-0.1, -0.05) is 37.0 Å². The first-order valence-electron chi connectivity index (χ1n) is 8.47. The summed E-state index contributed by atoms with van der Waals surface area (Å²) < 4.78 is 8.80. The molecule has 2 heterocycles. The van der Waals surface area contributed by atoms with Crippen molar-refractivity contribution in [1.29, 1.82) is 0 Å². The summed E-state index contributed by atoms with van der Waals surface area (Å²) in [5.74, 6) is 0.728. The van der Waals surface area contributed by atoms with Crippen LogP contribution in [0.3, 0.4) is 0 Å². The number of esters is 1. The predicted octanol–water partition coefficient (Wildman–Crippen LogP) is 4.79. The van der Waals surface area contributed by atoms with E-state index in [9.17, 15) is 4.79 Å². The number of ether oxygens (including phenoxy) is 1. The summed E-state index contributed by atoms with van der Waals surface area (Å²) in [5.41, 5.74) is 1.76. The summed E-state index contributed by atoms with van der Waals surface area (Å²) in [6.45, 7) is 6.62. The molecule has 0 radical (unpaired) electrons. The third kappa shape index (κ3) is 4.04. The van der Waals surface area contributed by atoms with Crippen LogP contribution in [0.15, 0.2) is 18.2 Å². The normalized spacial score (nSPS) is 11.3. The second-order valence-corrected chi connectivity index (χ2v) is 8.48. The summed E-state index contributed by atoms with van der Waals surface area (Å²) >= 11 is 14.3. The highest BCUT2D eigenvalue weighted by Gasteiger charge is 2.25. The molecule has 0 aliphatic rings. The number of aryl methyl sites for hydroxylation is 1. The van der Waals surface area contributed by atoms with Crippen LogP contribution < -0.4 is 0 Å². The fourth-order valence-electron chi connectivity index (χ4n) is 2.67. The van der Waals surface area contributed by atoms with Crippen LogP contribution in [0.2, 0.25) is 10.0 Å². The molecule has 0 aliphatic carbocycles. The Morgan fingerprint density at radius 2 is 1.96 bits per heavy atom. The van der Waals surface area contributed by atoms with Gasteiger partial charge in [-0.3, -0.25) is 0 Å². The van der Waals surface area contributed by atoms with Gasteiger partial charge in [0.1, 0.15) is 0 Å². The SMILES string of the molecule is COC(=O)c1c(I)c(C)nn1-c1nc(-c2ccc(Cl)c(Cl)c2)n(CC(C)C)n1. The number of benzene rings is 1. The Kier molecular flexibility index (Phi) is 6.31. The molecule has 10 heteroatoms. The summed E-state index contributed by atoms with van der Waals surface area (Å²) in [6, 6.07) is 5.29. The quantitative estimate of drug-likeness (QED) is 0.348. The Hall–Kier alpha value is -1.65. The number of methoxy groups -OCH3 is 1. The lowest BCUT2D eigenvalue weighted by Gasteiger charge is -2.08. The fourth-order valence-corrected chi connectivity index (χ4v) is 3.52. The van der Waals surface area contributed by atoms with E-state index in [4.69, 9.17) is 27.9 Å². The number of carbonyl (C=O) groups excluding carboxylic acids is 1. The predicted molar refractivity (Wildman–Crippen MR) is 116 cm³/mol. The molecule has 0 amide bonds. The Bertz CT molecular complexity index is 1050. The maximum absolute atomic E-state index is 12.3. The van der Waals surface area contributed by atoms with Gasteiger partial charge in [-0.05, 0) is 53.6 Å². The minimum Gasteiger partial charge on any atom is -0.464 e. The van der Waals surface area contributed by atoms with Crippen molar-refractivity contribution in [3.05, 3.63) is 43.2 Å². The zero-order valence-corrected chi connectivity index (χ0v) is 19.4. The topological polar surface area (TPSA) is 74.8 Å². The molecule has 3 rings (SSSR count). The van der Waals surface area contributed by atoms with Gasteiger partial charge in [0, 0.05) is 12.1 Å². The molecule has 0 spiro atoms. The van der Waals surface area contributed by atoms with Crippen LogP contribution in [0.4, 0.5) is 0 Å². The maximum atomic E-state index is 12.3.